The molecule has 0 aliphatic rings. The number of nitrogens with zero attached hydrogens (tertiary/aromatic N) is 3. The average molecular weight is 292 g/mol. The van der Waals surface area contributed by atoms with Crippen molar-refractivity contribution in [3.8, 4) is 11.5 Å². The zero-order valence-electron chi connectivity index (χ0n) is 10.5. The Bertz CT molecular complexity index is 672. The van der Waals surface area contributed by atoms with Crippen LogP contribution in [-0.2, 0) is 6.42 Å². The number of aromatic nitrogens is 3. The van der Waals surface area contributed by atoms with Crippen LogP contribution in [0.5, 0.6) is 0 Å². The molecule has 98 valence electrons. The third kappa shape index (κ3) is 2.39. The topological polar surface area (TPSA) is 63.8 Å². The van der Waals surface area contributed by atoms with E-state index in [1.807, 2.05) is 25.4 Å². The van der Waals surface area contributed by atoms with E-state index >= 15 is 0 Å². The van der Waals surface area contributed by atoms with Crippen LogP contribution < -0.4 is 5.32 Å². The minimum absolute atomic E-state index is 0.530. The van der Waals surface area contributed by atoms with Crippen molar-refractivity contribution in [3.63, 3.8) is 0 Å². The van der Waals surface area contributed by atoms with Gasteiger partial charge in [-0.1, -0.05) is 11.2 Å². The Morgan fingerprint density at radius 2 is 2.32 bits per heavy atom. The predicted molar refractivity (Wildman–Crippen MR) is 76.8 cm³/mol. The lowest BCUT2D eigenvalue weighted by Crippen LogP contribution is -1.90. The molecule has 0 aliphatic heterocycles. The van der Waals surface area contributed by atoms with E-state index in [-0.39, 0.29) is 0 Å². The lowest BCUT2D eigenvalue weighted by atomic mass is 10.2. The number of hydrogen-bond acceptors (Lipinski definition) is 7. The van der Waals surface area contributed by atoms with E-state index in [9.17, 15) is 0 Å². The fraction of sp³-hybridized carbons (Fsp3) is 0.250. The van der Waals surface area contributed by atoms with E-state index in [0.29, 0.717) is 18.1 Å². The van der Waals surface area contributed by atoms with Crippen LogP contribution in [0.25, 0.3) is 11.5 Å². The molecular formula is C12H12N4OS2. The van der Waals surface area contributed by atoms with E-state index < -0.39 is 0 Å². The summed E-state index contributed by atoms with van der Waals surface area (Å²) >= 11 is 3.09. The molecule has 3 rings (SSSR count). The van der Waals surface area contributed by atoms with Crippen molar-refractivity contribution < 1.29 is 4.52 Å². The number of anilines is 1. The van der Waals surface area contributed by atoms with Crippen LogP contribution >= 0.6 is 22.9 Å². The maximum atomic E-state index is 5.35. The smallest absolute Gasteiger partial charge is 0.262 e. The molecule has 19 heavy (non-hydrogen) atoms. The Balaban J connectivity index is 1.90. The van der Waals surface area contributed by atoms with Gasteiger partial charge in [-0.15, -0.1) is 11.3 Å². The number of hydrogen-bond donors (Lipinski definition) is 1. The number of nitrogens with one attached hydrogen (secondary N) is 1. The first kappa shape index (κ1) is 12.3. The quantitative estimate of drug-likeness (QED) is 0.800. The molecule has 3 aromatic rings. The third-order valence-corrected chi connectivity index (χ3v) is 4.52. The van der Waals surface area contributed by atoms with E-state index in [0.717, 1.165) is 16.3 Å². The number of rotatable bonds is 4. The molecule has 7 heteroatoms. The standard InChI is InChI=1S/C12H12N4OS2/c1-7-10(12(13-2)19-16-7)11-14-9(15-17-11)6-8-4-3-5-18-8/h3-5,13H,6H2,1-2H3. The molecule has 0 bridgehead atoms. The number of aryl methyl sites for hydroxylation is 1. The minimum atomic E-state index is 0.530. The molecule has 0 saturated heterocycles. The van der Waals surface area contributed by atoms with Crippen LogP contribution in [0.2, 0.25) is 0 Å². The fourth-order valence-corrected chi connectivity index (χ4v) is 3.23. The Labute approximate surface area is 118 Å². The lowest BCUT2D eigenvalue weighted by Gasteiger charge is -1.96. The molecule has 0 aromatic carbocycles. The first-order chi connectivity index (χ1) is 9.28. The molecule has 5 nitrogen and oxygen atoms in total. The second-order valence-corrected chi connectivity index (χ2v) is 5.80. The van der Waals surface area contributed by atoms with Crippen LogP contribution in [0.1, 0.15) is 16.4 Å². The van der Waals surface area contributed by atoms with Gasteiger partial charge < -0.3 is 9.84 Å². The molecule has 0 atom stereocenters. The maximum Gasteiger partial charge on any atom is 0.262 e. The zero-order chi connectivity index (χ0) is 13.2. The van der Waals surface area contributed by atoms with E-state index in [1.54, 1.807) is 11.3 Å². The molecule has 0 aliphatic carbocycles. The van der Waals surface area contributed by atoms with Gasteiger partial charge in [-0.3, -0.25) is 0 Å². The minimum Gasteiger partial charge on any atom is -0.378 e. The SMILES string of the molecule is CNc1snc(C)c1-c1nc(Cc2cccs2)no1. The van der Waals surface area contributed by atoms with Gasteiger partial charge in [0.1, 0.15) is 5.00 Å². The van der Waals surface area contributed by atoms with Gasteiger partial charge in [-0.25, -0.2) is 0 Å². The van der Waals surface area contributed by atoms with Gasteiger partial charge in [0.05, 0.1) is 11.3 Å². The van der Waals surface area contributed by atoms with Crippen molar-refractivity contribution in [3.05, 3.63) is 33.9 Å². The van der Waals surface area contributed by atoms with Crippen molar-refractivity contribution in [1.82, 2.24) is 14.5 Å². The molecular weight excluding hydrogens is 280 g/mol. The summed E-state index contributed by atoms with van der Waals surface area (Å²) in [6.07, 6.45) is 0.701. The second kappa shape index (κ2) is 5.10. The summed E-state index contributed by atoms with van der Waals surface area (Å²) in [6, 6.07) is 4.09. The van der Waals surface area contributed by atoms with Crippen molar-refractivity contribution in [2.45, 2.75) is 13.3 Å². The highest BCUT2D eigenvalue weighted by Crippen LogP contribution is 2.33. The maximum absolute atomic E-state index is 5.35. The first-order valence-corrected chi connectivity index (χ1v) is 7.42. The summed E-state index contributed by atoms with van der Waals surface area (Å²) in [5.74, 6) is 1.23. The summed E-state index contributed by atoms with van der Waals surface area (Å²) in [7, 11) is 1.86. The third-order valence-electron chi connectivity index (χ3n) is 2.68. The van der Waals surface area contributed by atoms with Gasteiger partial charge in [-0.05, 0) is 29.9 Å². The largest absolute Gasteiger partial charge is 0.378 e. The normalized spacial score (nSPS) is 10.8. The van der Waals surface area contributed by atoms with Crippen molar-refractivity contribution >= 4 is 27.9 Å². The highest BCUT2D eigenvalue weighted by atomic mass is 32.1. The summed E-state index contributed by atoms with van der Waals surface area (Å²) < 4.78 is 9.65. The van der Waals surface area contributed by atoms with Gasteiger partial charge in [0.2, 0.25) is 0 Å². The van der Waals surface area contributed by atoms with Gasteiger partial charge in [0, 0.05) is 18.3 Å². The summed E-state index contributed by atoms with van der Waals surface area (Å²) in [4.78, 5) is 5.68. The molecule has 0 amide bonds. The first-order valence-electron chi connectivity index (χ1n) is 5.77. The van der Waals surface area contributed by atoms with Crippen LogP contribution in [0.3, 0.4) is 0 Å². The van der Waals surface area contributed by atoms with Crippen molar-refractivity contribution in [2.24, 2.45) is 0 Å². The number of thiophene rings is 1. The Morgan fingerprint density at radius 1 is 1.42 bits per heavy atom. The Kier molecular flexibility index (Phi) is 3.31. The molecule has 0 radical (unpaired) electrons. The predicted octanol–water partition coefficient (Wildman–Crippen LogP) is 3.20. The van der Waals surface area contributed by atoms with Gasteiger partial charge in [0.25, 0.3) is 5.89 Å². The lowest BCUT2D eigenvalue weighted by molar-refractivity contribution is 0.424. The fourth-order valence-electron chi connectivity index (χ4n) is 1.79. The molecule has 3 heterocycles. The van der Waals surface area contributed by atoms with Crippen molar-refractivity contribution in [2.75, 3.05) is 12.4 Å². The Morgan fingerprint density at radius 3 is 3.05 bits per heavy atom. The highest BCUT2D eigenvalue weighted by molar-refractivity contribution is 7.11. The zero-order valence-corrected chi connectivity index (χ0v) is 12.1. The van der Waals surface area contributed by atoms with Crippen LogP contribution in [0.15, 0.2) is 22.0 Å². The summed E-state index contributed by atoms with van der Waals surface area (Å²) in [5.41, 5.74) is 1.80. The van der Waals surface area contributed by atoms with Gasteiger partial charge >= 0.3 is 0 Å². The summed E-state index contributed by atoms with van der Waals surface area (Å²) in [6.45, 7) is 1.94. The summed E-state index contributed by atoms with van der Waals surface area (Å²) in [5, 5.41) is 10.1. The molecule has 0 saturated carbocycles. The van der Waals surface area contributed by atoms with Crippen molar-refractivity contribution in [1.29, 1.82) is 0 Å². The van der Waals surface area contributed by atoms with Crippen LogP contribution in [0.4, 0.5) is 5.00 Å². The second-order valence-electron chi connectivity index (χ2n) is 3.99. The monoisotopic (exact) mass is 292 g/mol. The van der Waals surface area contributed by atoms with E-state index in [1.165, 1.54) is 16.4 Å². The van der Waals surface area contributed by atoms with E-state index in [4.69, 9.17) is 4.52 Å². The molecule has 0 spiro atoms. The molecule has 0 unspecified atom stereocenters. The average Bonchev–Trinajstić information content (AvgIpc) is 3.10. The molecule has 1 N–H and O–H groups in total. The van der Waals surface area contributed by atoms with E-state index in [2.05, 4.69) is 25.9 Å². The van der Waals surface area contributed by atoms with Gasteiger partial charge in [-0.2, -0.15) is 9.36 Å². The van der Waals surface area contributed by atoms with Crippen LogP contribution in [-0.4, -0.2) is 21.6 Å². The van der Waals surface area contributed by atoms with Gasteiger partial charge in [0.15, 0.2) is 5.82 Å². The molecule has 3 aromatic heterocycles. The molecule has 0 fully saturated rings. The van der Waals surface area contributed by atoms with Crippen LogP contribution in [0, 0.1) is 6.92 Å². The highest BCUT2D eigenvalue weighted by Gasteiger charge is 2.18. The Hall–Kier alpha value is -1.73.